The number of fused-ring (bicyclic) bond motifs is 1. The van der Waals surface area contributed by atoms with E-state index in [-0.39, 0.29) is 12.0 Å². The third-order valence-electron chi connectivity index (χ3n) is 5.19. The van der Waals surface area contributed by atoms with Crippen LogP contribution in [0.2, 0.25) is 0 Å². The predicted octanol–water partition coefficient (Wildman–Crippen LogP) is 2.81. The van der Waals surface area contributed by atoms with Crippen LogP contribution in [0.4, 0.5) is 0 Å². The minimum Gasteiger partial charge on any atom is -0.396 e. The van der Waals surface area contributed by atoms with Gasteiger partial charge in [0.2, 0.25) is 0 Å². The first-order chi connectivity index (χ1) is 10.8. The van der Waals surface area contributed by atoms with Crippen molar-refractivity contribution in [2.24, 2.45) is 11.3 Å². The van der Waals surface area contributed by atoms with Crippen molar-refractivity contribution >= 4 is 5.57 Å². The van der Waals surface area contributed by atoms with Crippen LogP contribution in [0, 0.1) is 11.3 Å². The number of hydrogen-bond donors (Lipinski definition) is 1. The van der Waals surface area contributed by atoms with Crippen molar-refractivity contribution in [3.8, 4) is 0 Å². The number of aliphatic hydroxyl groups excluding tert-OH is 1. The van der Waals surface area contributed by atoms with Crippen LogP contribution in [0.3, 0.4) is 0 Å². The molecule has 0 aromatic heterocycles. The van der Waals surface area contributed by atoms with E-state index in [4.69, 9.17) is 4.74 Å². The van der Waals surface area contributed by atoms with E-state index < -0.39 is 0 Å². The number of rotatable bonds is 5. The Hall–Kier alpha value is -1.16. The maximum absolute atomic E-state index is 9.90. The van der Waals surface area contributed by atoms with Crippen LogP contribution in [0.5, 0.6) is 0 Å². The molecule has 3 heteroatoms. The van der Waals surface area contributed by atoms with E-state index in [1.807, 2.05) is 0 Å². The molecule has 2 saturated heterocycles. The molecule has 0 spiro atoms. The fraction of sp³-hybridized carbons (Fsp3) is 0.579. The van der Waals surface area contributed by atoms with Gasteiger partial charge in [0.05, 0.1) is 13.2 Å². The van der Waals surface area contributed by atoms with Gasteiger partial charge in [-0.3, -0.25) is 4.90 Å². The molecule has 0 saturated carbocycles. The number of likely N-dealkylation sites (tertiary alicyclic amines) is 1. The molecule has 0 unspecified atom stereocenters. The molecule has 1 N–H and O–H groups in total. The second kappa shape index (κ2) is 6.95. The van der Waals surface area contributed by atoms with Crippen LogP contribution in [0.15, 0.2) is 36.4 Å². The minimum atomic E-state index is -0.0355. The molecule has 22 heavy (non-hydrogen) atoms. The summed E-state index contributed by atoms with van der Waals surface area (Å²) in [5, 5.41) is 9.90. The SMILES string of the molecule is CC/C=C(/CN1C[C@@H]2CCOC[C@]2(CO)C1)c1ccccc1. The molecule has 1 aromatic rings. The van der Waals surface area contributed by atoms with Gasteiger partial charge in [-0.15, -0.1) is 0 Å². The molecule has 0 radical (unpaired) electrons. The lowest BCUT2D eigenvalue weighted by Crippen LogP contribution is -2.43. The van der Waals surface area contributed by atoms with Gasteiger partial charge < -0.3 is 9.84 Å². The second-order valence-corrected chi connectivity index (χ2v) is 6.73. The van der Waals surface area contributed by atoms with Crippen molar-refractivity contribution in [1.82, 2.24) is 4.90 Å². The molecule has 2 aliphatic rings. The quantitative estimate of drug-likeness (QED) is 0.908. The van der Waals surface area contributed by atoms with Gasteiger partial charge in [0.1, 0.15) is 0 Å². The van der Waals surface area contributed by atoms with Gasteiger partial charge in [0, 0.05) is 31.7 Å². The summed E-state index contributed by atoms with van der Waals surface area (Å²) in [4.78, 5) is 2.50. The lowest BCUT2D eigenvalue weighted by Gasteiger charge is -2.36. The summed E-state index contributed by atoms with van der Waals surface area (Å²) in [6, 6.07) is 10.7. The largest absolute Gasteiger partial charge is 0.396 e. The van der Waals surface area contributed by atoms with Gasteiger partial charge in [-0.25, -0.2) is 0 Å². The second-order valence-electron chi connectivity index (χ2n) is 6.73. The smallest absolute Gasteiger partial charge is 0.0559 e. The topological polar surface area (TPSA) is 32.7 Å². The molecule has 0 aliphatic carbocycles. The number of benzene rings is 1. The monoisotopic (exact) mass is 301 g/mol. The molecule has 2 aliphatic heterocycles. The number of aliphatic hydroxyl groups is 1. The Bertz CT molecular complexity index is 513. The zero-order valence-electron chi connectivity index (χ0n) is 13.5. The van der Waals surface area contributed by atoms with E-state index in [1.165, 1.54) is 11.1 Å². The molecule has 2 heterocycles. The van der Waals surface area contributed by atoms with Crippen molar-refractivity contribution in [3.05, 3.63) is 42.0 Å². The lowest BCUT2D eigenvalue weighted by molar-refractivity contribution is -0.0559. The van der Waals surface area contributed by atoms with Crippen LogP contribution in [0.25, 0.3) is 5.57 Å². The molecule has 3 rings (SSSR count). The number of nitrogens with zero attached hydrogens (tertiary/aromatic N) is 1. The molecule has 120 valence electrons. The van der Waals surface area contributed by atoms with Crippen LogP contribution in [-0.2, 0) is 4.74 Å². The first kappa shape index (κ1) is 15.7. The van der Waals surface area contributed by atoms with E-state index in [0.29, 0.717) is 12.5 Å². The van der Waals surface area contributed by atoms with Crippen molar-refractivity contribution in [3.63, 3.8) is 0 Å². The van der Waals surface area contributed by atoms with Crippen molar-refractivity contribution in [1.29, 1.82) is 0 Å². The highest BCUT2D eigenvalue weighted by Gasteiger charge is 2.47. The summed E-state index contributed by atoms with van der Waals surface area (Å²) in [5.41, 5.74) is 2.68. The fourth-order valence-corrected chi connectivity index (χ4v) is 3.96. The highest BCUT2D eigenvalue weighted by atomic mass is 16.5. The van der Waals surface area contributed by atoms with Gasteiger partial charge >= 0.3 is 0 Å². The molecule has 0 bridgehead atoms. The van der Waals surface area contributed by atoms with E-state index in [2.05, 4.69) is 48.2 Å². The van der Waals surface area contributed by atoms with Gasteiger partial charge in [-0.1, -0.05) is 43.3 Å². The van der Waals surface area contributed by atoms with E-state index in [0.717, 1.165) is 39.1 Å². The normalized spacial score (nSPS) is 29.5. The van der Waals surface area contributed by atoms with Crippen molar-refractivity contribution in [2.75, 3.05) is 39.5 Å². The van der Waals surface area contributed by atoms with Gasteiger partial charge in [-0.05, 0) is 29.9 Å². The first-order valence-corrected chi connectivity index (χ1v) is 8.43. The molecule has 2 atom stereocenters. The maximum atomic E-state index is 9.90. The average Bonchev–Trinajstić information content (AvgIpc) is 2.94. The molecular formula is C19H27NO2. The van der Waals surface area contributed by atoms with E-state index >= 15 is 0 Å². The molecule has 3 nitrogen and oxygen atoms in total. The van der Waals surface area contributed by atoms with Crippen LogP contribution >= 0.6 is 0 Å². The first-order valence-electron chi connectivity index (χ1n) is 8.43. The Labute approximate surface area is 133 Å². The Morgan fingerprint density at radius 1 is 1.41 bits per heavy atom. The average molecular weight is 301 g/mol. The molecule has 1 aromatic carbocycles. The van der Waals surface area contributed by atoms with Crippen molar-refractivity contribution < 1.29 is 9.84 Å². The number of ether oxygens (including phenoxy) is 1. The Morgan fingerprint density at radius 3 is 2.91 bits per heavy atom. The summed E-state index contributed by atoms with van der Waals surface area (Å²) < 4.78 is 5.66. The summed E-state index contributed by atoms with van der Waals surface area (Å²) in [7, 11) is 0. The van der Waals surface area contributed by atoms with Gasteiger partial charge in [-0.2, -0.15) is 0 Å². The van der Waals surface area contributed by atoms with Gasteiger partial charge in [0.25, 0.3) is 0 Å². The van der Waals surface area contributed by atoms with Crippen molar-refractivity contribution in [2.45, 2.75) is 19.8 Å². The fourth-order valence-electron chi connectivity index (χ4n) is 3.96. The third-order valence-corrected chi connectivity index (χ3v) is 5.19. The van der Waals surface area contributed by atoms with E-state index in [1.54, 1.807) is 0 Å². The van der Waals surface area contributed by atoms with Crippen LogP contribution in [0.1, 0.15) is 25.3 Å². The number of allylic oxidation sites excluding steroid dienone is 1. The van der Waals surface area contributed by atoms with Gasteiger partial charge in [0.15, 0.2) is 0 Å². The summed E-state index contributed by atoms with van der Waals surface area (Å²) in [6.45, 7) is 6.98. The summed E-state index contributed by atoms with van der Waals surface area (Å²) >= 11 is 0. The molecular weight excluding hydrogens is 274 g/mol. The highest BCUT2D eigenvalue weighted by molar-refractivity contribution is 5.66. The van der Waals surface area contributed by atoms with E-state index in [9.17, 15) is 5.11 Å². The summed E-state index contributed by atoms with van der Waals surface area (Å²) in [6.07, 6.45) is 4.46. The van der Waals surface area contributed by atoms with Crippen LogP contribution < -0.4 is 0 Å². The third kappa shape index (κ3) is 3.12. The van der Waals surface area contributed by atoms with Crippen LogP contribution in [-0.4, -0.2) is 49.5 Å². The Morgan fingerprint density at radius 2 is 2.23 bits per heavy atom. The predicted molar refractivity (Wildman–Crippen MR) is 89.6 cm³/mol. The zero-order chi connectivity index (χ0) is 15.4. The minimum absolute atomic E-state index is 0.0355. The summed E-state index contributed by atoms with van der Waals surface area (Å²) in [5.74, 6) is 0.574. The maximum Gasteiger partial charge on any atom is 0.0559 e. The highest BCUT2D eigenvalue weighted by Crippen LogP contribution is 2.41. The lowest BCUT2D eigenvalue weighted by atomic mass is 9.76. The Balaban J connectivity index is 1.73. The zero-order valence-corrected chi connectivity index (χ0v) is 13.5. The Kier molecular flexibility index (Phi) is 4.97. The number of hydrogen-bond acceptors (Lipinski definition) is 3. The standard InChI is InChI=1S/C19H27NO2/c1-2-6-17(16-7-4-3-5-8-16)11-20-12-18-9-10-22-15-19(18,13-20)14-21/h3-8,18,21H,2,9-15H2,1H3/b17-6-/t18-,19+/m0/s1. The molecule has 0 amide bonds. The molecule has 2 fully saturated rings.